The van der Waals surface area contributed by atoms with Gasteiger partial charge in [0.05, 0.1) is 27.1 Å². The SMILES string of the molecule is COc1cc(CN)cc(OC)c1OCCn1ccnc1. The molecular weight excluding hydrogens is 258 g/mol. The van der Waals surface area contributed by atoms with Crippen LogP contribution in [-0.4, -0.2) is 30.4 Å². The van der Waals surface area contributed by atoms with Crippen molar-refractivity contribution in [3.8, 4) is 17.2 Å². The van der Waals surface area contributed by atoms with Crippen LogP contribution in [0.15, 0.2) is 30.9 Å². The minimum atomic E-state index is 0.419. The van der Waals surface area contributed by atoms with Crippen LogP contribution in [0.2, 0.25) is 0 Å². The number of benzene rings is 1. The van der Waals surface area contributed by atoms with E-state index in [-0.39, 0.29) is 0 Å². The molecule has 0 radical (unpaired) electrons. The molecule has 0 bridgehead atoms. The lowest BCUT2D eigenvalue weighted by atomic mass is 10.2. The Morgan fingerprint density at radius 1 is 1.20 bits per heavy atom. The van der Waals surface area contributed by atoms with Crippen LogP contribution in [0.25, 0.3) is 0 Å². The molecule has 2 N–H and O–H groups in total. The average Bonchev–Trinajstić information content (AvgIpc) is 3.00. The van der Waals surface area contributed by atoms with Gasteiger partial charge < -0.3 is 24.5 Å². The summed E-state index contributed by atoms with van der Waals surface area (Å²) >= 11 is 0. The van der Waals surface area contributed by atoms with Gasteiger partial charge in [-0.15, -0.1) is 0 Å². The minimum Gasteiger partial charge on any atom is -0.493 e. The molecule has 0 spiro atoms. The van der Waals surface area contributed by atoms with Crippen molar-refractivity contribution < 1.29 is 14.2 Å². The van der Waals surface area contributed by atoms with Gasteiger partial charge in [-0.3, -0.25) is 0 Å². The molecule has 108 valence electrons. The number of imidazole rings is 1. The van der Waals surface area contributed by atoms with Gasteiger partial charge in [0.25, 0.3) is 0 Å². The molecular formula is C14H19N3O3. The Hall–Kier alpha value is -2.21. The number of aromatic nitrogens is 2. The Kier molecular flexibility index (Phi) is 4.84. The molecule has 20 heavy (non-hydrogen) atoms. The topological polar surface area (TPSA) is 71.5 Å². The molecule has 1 heterocycles. The highest BCUT2D eigenvalue weighted by molar-refractivity contribution is 5.53. The van der Waals surface area contributed by atoms with Crippen LogP contribution in [-0.2, 0) is 13.1 Å². The quantitative estimate of drug-likeness (QED) is 0.829. The van der Waals surface area contributed by atoms with Crippen LogP contribution in [0.3, 0.4) is 0 Å². The molecule has 0 amide bonds. The summed E-state index contributed by atoms with van der Waals surface area (Å²) in [6, 6.07) is 3.71. The van der Waals surface area contributed by atoms with Crippen LogP contribution in [0.5, 0.6) is 17.2 Å². The lowest BCUT2D eigenvalue weighted by molar-refractivity contribution is 0.262. The van der Waals surface area contributed by atoms with E-state index < -0.39 is 0 Å². The maximum Gasteiger partial charge on any atom is 0.203 e. The van der Waals surface area contributed by atoms with Crippen LogP contribution in [0.4, 0.5) is 0 Å². The van der Waals surface area contributed by atoms with Crippen molar-refractivity contribution >= 4 is 0 Å². The van der Waals surface area contributed by atoms with Crippen molar-refractivity contribution in [2.75, 3.05) is 20.8 Å². The molecule has 6 heteroatoms. The molecule has 0 aliphatic rings. The third-order valence-corrected chi connectivity index (χ3v) is 2.91. The van der Waals surface area contributed by atoms with Gasteiger partial charge in [-0.25, -0.2) is 4.98 Å². The molecule has 0 aliphatic heterocycles. The number of nitrogens with two attached hydrogens (primary N) is 1. The normalized spacial score (nSPS) is 10.3. The van der Waals surface area contributed by atoms with Crippen molar-refractivity contribution in [3.63, 3.8) is 0 Å². The first-order chi connectivity index (χ1) is 9.78. The van der Waals surface area contributed by atoms with E-state index in [9.17, 15) is 0 Å². The highest BCUT2D eigenvalue weighted by Crippen LogP contribution is 2.38. The maximum absolute atomic E-state index is 5.78. The zero-order valence-electron chi connectivity index (χ0n) is 11.7. The Labute approximate surface area is 118 Å². The summed E-state index contributed by atoms with van der Waals surface area (Å²) in [4.78, 5) is 3.98. The number of rotatable bonds is 7. The first kappa shape index (κ1) is 14.2. The summed E-state index contributed by atoms with van der Waals surface area (Å²) in [5.41, 5.74) is 6.58. The molecule has 1 aromatic heterocycles. The zero-order chi connectivity index (χ0) is 14.4. The van der Waals surface area contributed by atoms with E-state index in [0.717, 1.165) is 5.56 Å². The highest BCUT2D eigenvalue weighted by atomic mass is 16.5. The molecule has 6 nitrogen and oxygen atoms in total. The summed E-state index contributed by atoms with van der Waals surface area (Å²) in [6.45, 7) is 1.61. The van der Waals surface area contributed by atoms with Gasteiger partial charge in [0.15, 0.2) is 11.5 Å². The van der Waals surface area contributed by atoms with Gasteiger partial charge in [0, 0.05) is 18.9 Å². The summed E-state index contributed by atoms with van der Waals surface area (Å²) in [5, 5.41) is 0. The lowest BCUT2D eigenvalue weighted by Crippen LogP contribution is -2.08. The highest BCUT2D eigenvalue weighted by Gasteiger charge is 2.13. The number of hydrogen-bond donors (Lipinski definition) is 1. The lowest BCUT2D eigenvalue weighted by Gasteiger charge is -2.16. The van der Waals surface area contributed by atoms with Gasteiger partial charge in [-0.1, -0.05) is 0 Å². The van der Waals surface area contributed by atoms with Crippen LogP contribution in [0, 0.1) is 0 Å². The Bertz CT molecular complexity index is 516. The van der Waals surface area contributed by atoms with E-state index in [1.165, 1.54) is 0 Å². The van der Waals surface area contributed by atoms with Crippen molar-refractivity contribution in [1.29, 1.82) is 0 Å². The molecule has 1 aromatic carbocycles. The number of hydrogen-bond acceptors (Lipinski definition) is 5. The van der Waals surface area contributed by atoms with Crippen LogP contribution < -0.4 is 19.9 Å². The molecule has 2 rings (SSSR count). The van der Waals surface area contributed by atoms with E-state index in [2.05, 4.69) is 4.98 Å². The summed E-state index contributed by atoms with van der Waals surface area (Å²) in [6.07, 6.45) is 5.36. The minimum absolute atomic E-state index is 0.419. The smallest absolute Gasteiger partial charge is 0.203 e. The number of nitrogens with zero attached hydrogens (tertiary/aromatic N) is 2. The second kappa shape index (κ2) is 6.81. The summed E-state index contributed by atoms with van der Waals surface area (Å²) < 4.78 is 18.4. The Balaban J connectivity index is 2.12. The second-order valence-corrected chi connectivity index (χ2v) is 4.18. The van der Waals surface area contributed by atoms with E-state index in [1.54, 1.807) is 26.7 Å². The molecule has 0 saturated carbocycles. The van der Waals surface area contributed by atoms with Gasteiger partial charge in [0.2, 0.25) is 5.75 Å². The third-order valence-electron chi connectivity index (χ3n) is 2.91. The molecule has 2 aromatic rings. The Morgan fingerprint density at radius 3 is 2.40 bits per heavy atom. The molecule has 0 atom stereocenters. The van der Waals surface area contributed by atoms with E-state index >= 15 is 0 Å². The van der Waals surface area contributed by atoms with Crippen LogP contribution in [0.1, 0.15) is 5.56 Å². The van der Waals surface area contributed by atoms with E-state index in [0.29, 0.717) is 36.9 Å². The number of methoxy groups -OCH3 is 2. The largest absolute Gasteiger partial charge is 0.493 e. The fourth-order valence-corrected chi connectivity index (χ4v) is 1.87. The van der Waals surface area contributed by atoms with Gasteiger partial charge >= 0.3 is 0 Å². The van der Waals surface area contributed by atoms with Crippen molar-refractivity contribution in [2.24, 2.45) is 5.73 Å². The van der Waals surface area contributed by atoms with E-state index in [1.807, 2.05) is 22.9 Å². The predicted molar refractivity (Wildman–Crippen MR) is 75.2 cm³/mol. The molecule has 0 aliphatic carbocycles. The fourth-order valence-electron chi connectivity index (χ4n) is 1.87. The van der Waals surface area contributed by atoms with Crippen molar-refractivity contribution in [3.05, 3.63) is 36.4 Å². The summed E-state index contributed by atoms with van der Waals surface area (Å²) in [5.74, 6) is 1.83. The first-order valence-corrected chi connectivity index (χ1v) is 6.32. The van der Waals surface area contributed by atoms with Gasteiger partial charge in [0.1, 0.15) is 6.61 Å². The van der Waals surface area contributed by atoms with E-state index in [4.69, 9.17) is 19.9 Å². The molecule has 0 saturated heterocycles. The third kappa shape index (κ3) is 3.21. The van der Waals surface area contributed by atoms with Crippen LogP contribution >= 0.6 is 0 Å². The summed E-state index contributed by atoms with van der Waals surface area (Å²) in [7, 11) is 3.19. The number of ether oxygens (including phenoxy) is 3. The fraction of sp³-hybridized carbons (Fsp3) is 0.357. The predicted octanol–water partition coefficient (Wildman–Crippen LogP) is 1.44. The van der Waals surface area contributed by atoms with Gasteiger partial charge in [-0.2, -0.15) is 0 Å². The average molecular weight is 277 g/mol. The standard InChI is InChI=1S/C14H19N3O3/c1-18-12-7-11(9-15)8-13(19-2)14(12)20-6-5-17-4-3-16-10-17/h3-4,7-8,10H,5-6,9,15H2,1-2H3. The zero-order valence-corrected chi connectivity index (χ0v) is 11.7. The molecule has 0 fully saturated rings. The Morgan fingerprint density at radius 2 is 1.90 bits per heavy atom. The molecule has 0 unspecified atom stereocenters. The van der Waals surface area contributed by atoms with Crippen molar-refractivity contribution in [1.82, 2.24) is 9.55 Å². The van der Waals surface area contributed by atoms with Crippen molar-refractivity contribution in [2.45, 2.75) is 13.1 Å². The maximum atomic E-state index is 5.78. The second-order valence-electron chi connectivity index (χ2n) is 4.18. The van der Waals surface area contributed by atoms with Gasteiger partial charge in [-0.05, 0) is 17.7 Å². The monoisotopic (exact) mass is 277 g/mol. The first-order valence-electron chi connectivity index (χ1n) is 6.32.